The molecule has 4 nitrogen and oxygen atoms in total. The quantitative estimate of drug-likeness (QED) is 0.729. The summed E-state index contributed by atoms with van der Waals surface area (Å²) in [6.07, 6.45) is -2.42. The molecule has 1 aliphatic rings. The molecule has 2 heterocycles. The van der Waals surface area contributed by atoms with E-state index < -0.39 is 29.8 Å². The summed E-state index contributed by atoms with van der Waals surface area (Å²) in [6, 6.07) is 5.40. The number of nitrogens with two attached hydrogens (primary N) is 1. The van der Waals surface area contributed by atoms with Crippen LogP contribution in [0.3, 0.4) is 0 Å². The second kappa shape index (κ2) is 7.19. The molecule has 1 saturated carbocycles. The van der Waals surface area contributed by atoms with E-state index in [4.69, 9.17) is 10.5 Å². The van der Waals surface area contributed by atoms with Gasteiger partial charge in [-0.05, 0) is 49.9 Å². The Labute approximate surface area is 148 Å². The molecule has 2 aromatic rings. The maximum atomic E-state index is 13.4. The van der Waals surface area contributed by atoms with E-state index in [2.05, 4.69) is 9.97 Å². The molecular weight excluding hydrogens is 350 g/mol. The number of pyridine rings is 2. The van der Waals surface area contributed by atoms with Crippen molar-refractivity contribution < 1.29 is 22.3 Å². The fraction of sp³-hybridized carbons (Fsp3) is 0.444. The van der Waals surface area contributed by atoms with Crippen molar-refractivity contribution in [3.05, 3.63) is 41.9 Å². The average Bonchev–Trinajstić information content (AvgIpc) is 3.45. The molecule has 2 N–H and O–H groups in total. The Morgan fingerprint density at radius 1 is 1.19 bits per heavy atom. The zero-order chi connectivity index (χ0) is 18.9. The Morgan fingerprint density at radius 2 is 1.92 bits per heavy atom. The summed E-state index contributed by atoms with van der Waals surface area (Å²) in [6.45, 7) is 1.93. The van der Waals surface area contributed by atoms with E-state index in [0.717, 1.165) is 18.9 Å². The standard InChI is InChI=1S/C18H19F4N3O/c1-18(23,11-2-3-11)9-26-14-5-4-12(25-15(14)17(21)22)10-6-7-24-13(8-10)16(19)20/h4-8,11,16-17H,2-3,9,23H2,1H3. The van der Waals surface area contributed by atoms with Crippen molar-refractivity contribution in [3.63, 3.8) is 0 Å². The first-order valence-electron chi connectivity index (χ1n) is 8.23. The van der Waals surface area contributed by atoms with Gasteiger partial charge in [-0.3, -0.25) is 4.98 Å². The molecule has 1 atom stereocenters. The SMILES string of the molecule is CC(N)(COc1ccc(-c2ccnc(C(F)F)c2)nc1C(F)F)C1CC1. The summed E-state index contributed by atoms with van der Waals surface area (Å²) in [5.74, 6) is 0.276. The van der Waals surface area contributed by atoms with Crippen LogP contribution in [0.4, 0.5) is 17.6 Å². The van der Waals surface area contributed by atoms with Crippen LogP contribution in [0.25, 0.3) is 11.3 Å². The molecule has 0 saturated heterocycles. The van der Waals surface area contributed by atoms with Crippen LogP contribution >= 0.6 is 0 Å². The first kappa shape index (κ1) is 18.6. The number of hydrogen-bond acceptors (Lipinski definition) is 4. The van der Waals surface area contributed by atoms with Crippen molar-refractivity contribution in [2.75, 3.05) is 6.61 Å². The number of rotatable bonds is 7. The second-order valence-corrected chi connectivity index (χ2v) is 6.72. The highest BCUT2D eigenvalue weighted by Crippen LogP contribution is 2.39. The molecule has 140 valence electrons. The molecule has 1 unspecified atom stereocenters. The van der Waals surface area contributed by atoms with Crippen molar-refractivity contribution in [3.8, 4) is 17.0 Å². The summed E-state index contributed by atoms with van der Waals surface area (Å²) in [5.41, 5.74) is 5.02. The highest BCUT2D eigenvalue weighted by Gasteiger charge is 2.39. The molecule has 0 aromatic carbocycles. The van der Waals surface area contributed by atoms with Crippen LogP contribution in [-0.4, -0.2) is 22.1 Å². The minimum atomic E-state index is -2.87. The van der Waals surface area contributed by atoms with Gasteiger partial charge in [0.15, 0.2) is 0 Å². The van der Waals surface area contributed by atoms with Gasteiger partial charge in [-0.2, -0.15) is 0 Å². The van der Waals surface area contributed by atoms with E-state index in [1.807, 2.05) is 6.92 Å². The largest absolute Gasteiger partial charge is 0.490 e. The Kier molecular flexibility index (Phi) is 5.13. The fourth-order valence-corrected chi connectivity index (χ4v) is 2.72. The second-order valence-electron chi connectivity index (χ2n) is 6.72. The molecule has 3 rings (SSSR count). The normalized spacial score (nSPS) is 16.8. The van der Waals surface area contributed by atoms with Gasteiger partial charge in [0.2, 0.25) is 0 Å². The highest BCUT2D eigenvalue weighted by atomic mass is 19.3. The van der Waals surface area contributed by atoms with Crippen LogP contribution in [0.1, 0.15) is 44.0 Å². The van der Waals surface area contributed by atoms with Crippen LogP contribution in [0.15, 0.2) is 30.5 Å². The van der Waals surface area contributed by atoms with Crippen LogP contribution < -0.4 is 10.5 Å². The summed E-state index contributed by atoms with van der Waals surface area (Å²) in [7, 11) is 0. The molecule has 0 amide bonds. The number of aromatic nitrogens is 2. The minimum Gasteiger partial charge on any atom is -0.490 e. The van der Waals surface area contributed by atoms with E-state index in [9.17, 15) is 17.6 Å². The van der Waals surface area contributed by atoms with Crippen molar-refractivity contribution in [1.29, 1.82) is 0 Å². The predicted octanol–water partition coefficient (Wildman–Crippen LogP) is 4.53. The molecule has 26 heavy (non-hydrogen) atoms. The fourth-order valence-electron chi connectivity index (χ4n) is 2.72. The van der Waals surface area contributed by atoms with Gasteiger partial charge in [-0.15, -0.1) is 0 Å². The number of nitrogens with zero attached hydrogens (tertiary/aromatic N) is 2. The molecule has 0 bridgehead atoms. The summed E-state index contributed by atoms with van der Waals surface area (Å²) in [4.78, 5) is 7.47. The van der Waals surface area contributed by atoms with Gasteiger partial charge >= 0.3 is 0 Å². The van der Waals surface area contributed by atoms with Crippen LogP contribution in [0.5, 0.6) is 5.75 Å². The van der Waals surface area contributed by atoms with Crippen molar-refractivity contribution in [2.24, 2.45) is 11.7 Å². The van der Waals surface area contributed by atoms with Crippen LogP contribution in [-0.2, 0) is 0 Å². The van der Waals surface area contributed by atoms with E-state index in [1.54, 1.807) is 0 Å². The summed E-state index contributed by atoms with van der Waals surface area (Å²) < 4.78 is 57.9. The molecule has 8 heteroatoms. The number of ether oxygens (including phenoxy) is 1. The Bertz CT molecular complexity index is 779. The van der Waals surface area contributed by atoms with Crippen molar-refractivity contribution in [2.45, 2.75) is 38.2 Å². The highest BCUT2D eigenvalue weighted by molar-refractivity contribution is 5.60. The van der Waals surface area contributed by atoms with Crippen molar-refractivity contribution >= 4 is 0 Å². The van der Waals surface area contributed by atoms with Gasteiger partial charge in [0.1, 0.15) is 23.7 Å². The van der Waals surface area contributed by atoms with Crippen LogP contribution in [0, 0.1) is 5.92 Å². The lowest BCUT2D eigenvalue weighted by Crippen LogP contribution is -2.44. The van der Waals surface area contributed by atoms with Gasteiger partial charge < -0.3 is 10.5 Å². The topological polar surface area (TPSA) is 61.0 Å². The van der Waals surface area contributed by atoms with Gasteiger partial charge in [-0.1, -0.05) is 0 Å². The third kappa shape index (κ3) is 4.12. The first-order chi connectivity index (χ1) is 12.3. The zero-order valence-electron chi connectivity index (χ0n) is 14.1. The number of hydrogen-bond donors (Lipinski definition) is 1. The predicted molar refractivity (Wildman–Crippen MR) is 88.2 cm³/mol. The van der Waals surface area contributed by atoms with E-state index >= 15 is 0 Å². The number of alkyl halides is 4. The molecular formula is C18H19F4N3O. The molecule has 1 fully saturated rings. The van der Waals surface area contributed by atoms with E-state index in [0.29, 0.717) is 5.92 Å². The molecule has 2 aromatic heterocycles. The maximum absolute atomic E-state index is 13.4. The average molecular weight is 369 g/mol. The Balaban J connectivity index is 1.85. The third-order valence-electron chi connectivity index (χ3n) is 4.44. The molecule has 0 aliphatic heterocycles. The number of halogens is 4. The molecule has 0 spiro atoms. The Morgan fingerprint density at radius 3 is 2.54 bits per heavy atom. The lowest BCUT2D eigenvalue weighted by Gasteiger charge is -2.25. The lowest BCUT2D eigenvalue weighted by molar-refractivity contribution is 0.134. The van der Waals surface area contributed by atoms with Crippen molar-refractivity contribution in [1.82, 2.24) is 9.97 Å². The lowest BCUT2D eigenvalue weighted by atomic mass is 9.99. The van der Waals surface area contributed by atoms with Gasteiger partial charge in [-0.25, -0.2) is 22.5 Å². The first-order valence-corrected chi connectivity index (χ1v) is 8.23. The minimum absolute atomic E-state index is 0.0517. The molecule has 0 radical (unpaired) electrons. The smallest absolute Gasteiger partial charge is 0.284 e. The summed E-state index contributed by atoms with van der Waals surface area (Å²) >= 11 is 0. The monoisotopic (exact) mass is 369 g/mol. The van der Waals surface area contributed by atoms with E-state index in [1.165, 1.54) is 24.4 Å². The summed E-state index contributed by atoms with van der Waals surface area (Å²) in [5, 5.41) is 0. The zero-order valence-corrected chi connectivity index (χ0v) is 14.1. The molecule has 1 aliphatic carbocycles. The van der Waals surface area contributed by atoms with Gasteiger partial charge in [0.05, 0.1) is 11.2 Å². The van der Waals surface area contributed by atoms with E-state index in [-0.39, 0.29) is 23.6 Å². The Hall–Kier alpha value is -2.22. The third-order valence-corrected chi connectivity index (χ3v) is 4.44. The van der Waals surface area contributed by atoms with Gasteiger partial charge in [0.25, 0.3) is 12.9 Å². The van der Waals surface area contributed by atoms with Crippen LogP contribution in [0.2, 0.25) is 0 Å². The maximum Gasteiger partial charge on any atom is 0.284 e. The van der Waals surface area contributed by atoms with Gasteiger partial charge in [0, 0.05) is 11.8 Å².